The molecular weight excluding hydrogens is 195 g/mol. The van der Waals surface area contributed by atoms with Gasteiger partial charge in [0.2, 0.25) is 0 Å². The van der Waals surface area contributed by atoms with Crippen molar-refractivity contribution in [2.45, 2.75) is 23.3 Å². The summed E-state index contributed by atoms with van der Waals surface area (Å²) in [6.45, 7) is 0. The zero-order valence-corrected chi connectivity index (χ0v) is 8.54. The summed E-state index contributed by atoms with van der Waals surface area (Å²) in [6.07, 6.45) is 2.99. The summed E-state index contributed by atoms with van der Waals surface area (Å²) in [6, 6.07) is 11.1. The van der Waals surface area contributed by atoms with E-state index in [4.69, 9.17) is 0 Å². The monoisotopic (exact) mass is 208 g/mol. The topological polar surface area (TPSA) is 0 Å². The van der Waals surface area contributed by atoms with Gasteiger partial charge in [-0.3, -0.25) is 0 Å². The number of hydrogen-bond donors (Lipinski definition) is 0. The fourth-order valence-corrected chi connectivity index (χ4v) is 6.95. The van der Waals surface area contributed by atoms with Gasteiger partial charge in [0.15, 0.2) is 0 Å². The van der Waals surface area contributed by atoms with Crippen LogP contribution in [0.2, 0.25) is 10.4 Å². The van der Waals surface area contributed by atoms with Crippen LogP contribution in [0.4, 0.5) is 0 Å². The predicted octanol–water partition coefficient (Wildman–Crippen LogP) is 2.18. The second-order valence-electron chi connectivity index (χ2n) is 3.03. The molecule has 1 aliphatic heterocycles. The molecule has 1 aromatic rings. The maximum atomic E-state index is 2.32. The molecule has 1 heterocycles. The summed E-state index contributed by atoms with van der Waals surface area (Å²) in [5.41, 5.74) is 0. The molecule has 0 N–H and O–H groups in total. The molecule has 1 aliphatic rings. The Bertz CT molecular complexity index is 212. The molecule has 0 saturated carbocycles. The summed E-state index contributed by atoms with van der Waals surface area (Å²) in [5, 5.41) is 3.11. The van der Waals surface area contributed by atoms with E-state index < -0.39 is 14.7 Å². The van der Waals surface area contributed by atoms with E-state index in [0.717, 1.165) is 0 Å². The minimum absolute atomic E-state index is 0.505. The summed E-state index contributed by atoms with van der Waals surface area (Å²) in [5.74, 6) is 0. The molecule has 0 amide bonds. The normalized spacial score (nSPS) is 18.9. The van der Waals surface area contributed by atoms with Crippen LogP contribution in [0.25, 0.3) is 0 Å². The van der Waals surface area contributed by atoms with Crippen LogP contribution in [0.1, 0.15) is 12.8 Å². The molecule has 0 atom stereocenters. The Balaban J connectivity index is 2.16. The van der Waals surface area contributed by atoms with E-state index in [0.29, 0.717) is 0 Å². The average molecular weight is 208 g/mol. The molecule has 0 bridgehead atoms. The number of benzene rings is 1. The first-order chi connectivity index (χ1) is 5.47. The standard InChI is InChI=1S/C10H13As/c1-2-6-10(7-3-1)11-8-4-5-9-11/h1-3,6-7H,4-5,8-9H2. The van der Waals surface area contributed by atoms with Crippen LogP contribution in [0.5, 0.6) is 0 Å². The van der Waals surface area contributed by atoms with Crippen molar-refractivity contribution in [1.29, 1.82) is 0 Å². The van der Waals surface area contributed by atoms with Gasteiger partial charge in [-0.1, -0.05) is 0 Å². The minimum atomic E-state index is -0.505. The third-order valence-electron chi connectivity index (χ3n) is 2.23. The van der Waals surface area contributed by atoms with Gasteiger partial charge in [0.1, 0.15) is 0 Å². The number of hydrogen-bond acceptors (Lipinski definition) is 0. The van der Waals surface area contributed by atoms with Crippen LogP contribution in [0.15, 0.2) is 30.3 Å². The zero-order valence-electron chi connectivity index (χ0n) is 6.66. The number of rotatable bonds is 1. The molecule has 58 valence electrons. The molecule has 0 spiro atoms. The van der Waals surface area contributed by atoms with Gasteiger partial charge in [0, 0.05) is 0 Å². The van der Waals surface area contributed by atoms with Crippen molar-refractivity contribution in [2.24, 2.45) is 0 Å². The third kappa shape index (κ3) is 1.68. The molecule has 1 aromatic carbocycles. The van der Waals surface area contributed by atoms with Gasteiger partial charge in [-0.05, 0) is 0 Å². The zero-order chi connectivity index (χ0) is 7.52. The van der Waals surface area contributed by atoms with Crippen molar-refractivity contribution in [3.05, 3.63) is 30.3 Å². The van der Waals surface area contributed by atoms with Gasteiger partial charge in [-0.2, -0.15) is 0 Å². The van der Waals surface area contributed by atoms with E-state index in [1.165, 1.54) is 12.8 Å². The first-order valence-corrected chi connectivity index (χ1v) is 7.86. The van der Waals surface area contributed by atoms with E-state index in [-0.39, 0.29) is 0 Å². The Morgan fingerprint density at radius 1 is 0.909 bits per heavy atom. The molecule has 1 saturated heterocycles. The SMILES string of the molecule is c1ccc([As]2CCCC2)cc1. The van der Waals surface area contributed by atoms with Gasteiger partial charge in [-0.25, -0.2) is 0 Å². The Hall–Kier alpha value is -0.222. The molecular formula is C10H13As. The third-order valence-corrected chi connectivity index (χ3v) is 7.98. The summed E-state index contributed by atoms with van der Waals surface area (Å²) in [4.78, 5) is 0. The van der Waals surface area contributed by atoms with Crippen molar-refractivity contribution in [3.8, 4) is 0 Å². The maximum absolute atomic E-state index is 2.32. The fourth-order valence-electron chi connectivity index (χ4n) is 1.61. The van der Waals surface area contributed by atoms with Crippen LogP contribution in [0, 0.1) is 0 Å². The first-order valence-electron chi connectivity index (χ1n) is 4.27. The quantitative estimate of drug-likeness (QED) is 0.620. The molecule has 0 nitrogen and oxygen atoms in total. The molecule has 0 aromatic heterocycles. The summed E-state index contributed by atoms with van der Waals surface area (Å²) < 4.78 is 1.69. The summed E-state index contributed by atoms with van der Waals surface area (Å²) >= 11 is -0.505. The van der Waals surface area contributed by atoms with Crippen molar-refractivity contribution in [3.63, 3.8) is 0 Å². The average Bonchev–Trinajstić information content (AvgIpc) is 2.58. The molecule has 2 rings (SSSR count). The molecule has 1 fully saturated rings. The summed E-state index contributed by atoms with van der Waals surface area (Å²) in [7, 11) is 0. The van der Waals surface area contributed by atoms with Crippen molar-refractivity contribution < 1.29 is 0 Å². The Morgan fingerprint density at radius 3 is 2.18 bits per heavy atom. The molecule has 1 heteroatoms. The van der Waals surface area contributed by atoms with Gasteiger partial charge in [0.25, 0.3) is 0 Å². The van der Waals surface area contributed by atoms with E-state index in [1.807, 2.05) is 0 Å². The van der Waals surface area contributed by atoms with E-state index >= 15 is 0 Å². The molecule has 0 radical (unpaired) electrons. The van der Waals surface area contributed by atoms with Gasteiger partial charge in [0.05, 0.1) is 0 Å². The fraction of sp³-hybridized carbons (Fsp3) is 0.400. The Morgan fingerprint density at radius 2 is 1.55 bits per heavy atom. The Kier molecular flexibility index (Phi) is 2.33. The van der Waals surface area contributed by atoms with Crippen LogP contribution >= 0.6 is 0 Å². The van der Waals surface area contributed by atoms with Crippen molar-refractivity contribution in [2.75, 3.05) is 0 Å². The predicted molar refractivity (Wildman–Crippen MR) is 50.7 cm³/mol. The second-order valence-corrected chi connectivity index (χ2v) is 8.25. The van der Waals surface area contributed by atoms with Crippen LogP contribution in [-0.2, 0) is 0 Å². The van der Waals surface area contributed by atoms with Crippen molar-refractivity contribution >= 4 is 19.0 Å². The molecule has 11 heavy (non-hydrogen) atoms. The van der Waals surface area contributed by atoms with E-state index in [2.05, 4.69) is 30.3 Å². The van der Waals surface area contributed by atoms with E-state index in [1.54, 1.807) is 14.8 Å². The van der Waals surface area contributed by atoms with Gasteiger partial charge in [-0.15, -0.1) is 0 Å². The van der Waals surface area contributed by atoms with Gasteiger partial charge >= 0.3 is 72.6 Å². The molecule has 0 aliphatic carbocycles. The van der Waals surface area contributed by atoms with Crippen LogP contribution < -0.4 is 4.35 Å². The van der Waals surface area contributed by atoms with Crippen LogP contribution in [0.3, 0.4) is 0 Å². The van der Waals surface area contributed by atoms with E-state index in [9.17, 15) is 0 Å². The first kappa shape index (κ1) is 7.43. The van der Waals surface area contributed by atoms with Gasteiger partial charge < -0.3 is 0 Å². The molecule has 0 unspecified atom stereocenters. The van der Waals surface area contributed by atoms with Crippen LogP contribution in [-0.4, -0.2) is 14.7 Å². The second kappa shape index (κ2) is 3.45. The van der Waals surface area contributed by atoms with Crippen molar-refractivity contribution in [1.82, 2.24) is 0 Å². The Labute approximate surface area is 72.9 Å².